The third-order valence-corrected chi connectivity index (χ3v) is 5.19. The van der Waals surface area contributed by atoms with Crippen LogP contribution < -0.4 is 0 Å². The first kappa shape index (κ1) is 9.89. The summed E-state index contributed by atoms with van der Waals surface area (Å²) in [6.45, 7) is 11.4. The molecular weight excluding hydrogens is 184 g/mol. The zero-order valence-corrected chi connectivity index (χ0v) is 10.2. The van der Waals surface area contributed by atoms with Crippen LogP contribution in [-0.4, -0.2) is 11.7 Å². The summed E-state index contributed by atoms with van der Waals surface area (Å²) < 4.78 is 5.83. The van der Waals surface area contributed by atoms with Crippen molar-refractivity contribution in [3.8, 4) is 0 Å². The molecule has 0 bridgehead atoms. The first-order valence-electron chi connectivity index (χ1n) is 6.28. The summed E-state index contributed by atoms with van der Waals surface area (Å²) in [6, 6.07) is 0. The van der Waals surface area contributed by atoms with Gasteiger partial charge in [-0.15, -0.1) is 0 Å². The first-order valence-corrected chi connectivity index (χ1v) is 6.28. The van der Waals surface area contributed by atoms with Gasteiger partial charge in [0.1, 0.15) is 0 Å². The van der Waals surface area contributed by atoms with Gasteiger partial charge in [-0.25, -0.2) is 0 Å². The lowest BCUT2D eigenvalue weighted by Crippen LogP contribution is -2.46. The number of rotatable bonds is 0. The van der Waals surface area contributed by atoms with Gasteiger partial charge < -0.3 is 4.74 Å². The number of hydrogen-bond acceptors (Lipinski definition) is 1. The number of ether oxygens (including phenoxy) is 1. The quantitative estimate of drug-likeness (QED) is 0.436. The van der Waals surface area contributed by atoms with Gasteiger partial charge in [0.05, 0.1) is 11.7 Å². The molecule has 0 amide bonds. The molecule has 1 heterocycles. The average molecular weight is 206 g/mol. The second-order valence-corrected chi connectivity index (χ2v) is 6.73. The zero-order chi connectivity index (χ0) is 10.8. The molecule has 3 aliphatic rings. The van der Waals surface area contributed by atoms with Crippen molar-refractivity contribution >= 4 is 0 Å². The van der Waals surface area contributed by atoms with Gasteiger partial charge in [0.2, 0.25) is 0 Å². The molecule has 2 saturated carbocycles. The molecule has 0 aromatic rings. The molecule has 0 unspecified atom stereocenters. The van der Waals surface area contributed by atoms with E-state index >= 15 is 0 Å². The molecule has 3 fully saturated rings. The Labute approximate surface area is 92.9 Å². The minimum absolute atomic E-state index is 0.208. The summed E-state index contributed by atoms with van der Waals surface area (Å²) >= 11 is 0. The number of fused-ring (bicyclic) bond motifs is 2. The Bertz CT molecular complexity index is 317. The minimum atomic E-state index is 0.208. The second kappa shape index (κ2) is 2.68. The summed E-state index contributed by atoms with van der Waals surface area (Å²) in [5, 5.41) is 0. The molecule has 1 heteroatoms. The van der Waals surface area contributed by atoms with Crippen LogP contribution in [0.5, 0.6) is 0 Å². The normalized spacial score (nSPS) is 51.9. The van der Waals surface area contributed by atoms with Crippen molar-refractivity contribution in [3.63, 3.8) is 0 Å². The molecule has 84 valence electrons. The smallest absolute Gasteiger partial charge is 0.0923 e. The molecule has 0 aromatic heterocycles. The molecule has 3 rings (SSSR count). The Balaban J connectivity index is 1.80. The van der Waals surface area contributed by atoms with Gasteiger partial charge in [0.15, 0.2) is 0 Å². The third kappa shape index (κ3) is 1.32. The van der Waals surface area contributed by atoms with Crippen LogP contribution in [0.15, 0.2) is 12.2 Å². The van der Waals surface area contributed by atoms with Crippen LogP contribution in [0, 0.1) is 17.3 Å². The predicted octanol–water partition coefficient (Wildman–Crippen LogP) is 3.55. The maximum atomic E-state index is 5.83. The van der Waals surface area contributed by atoms with Crippen LogP contribution >= 0.6 is 0 Å². The van der Waals surface area contributed by atoms with Crippen molar-refractivity contribution in [1.82, 2.24) is 0 Å². The summed E-state index contributed by atoms with van der Waals surface area (Å²) in [5.74, 6) is 1.67. The molecule has 0 radical (unpaired) electrons. The second-order valence-electron chi connectivity index (χ2n) is 6.73. The highest BCUT2D eigenvalue weighted by Gasteiger charge is 2.57. The summed E-state index contributed by atoms with van der Waals surface area (Å²) in [7, 11) is 0. The molecule has 0 aromatic carbocycles. The monoisotopic (exact) mass is 206 g/mol. The highest BCUT2D eigenvalue weighted by Crippen LogP contribution is 2.60. The fourth-order valence-corrected chi connectivity index (χ4v) is 3.87. The van der Waals surface area contributed by atoms with Gasteiger partial charge >= 0.3 is 0 Å². The SMILES string of the molecule is C=C1C[C@@H]2O[C@]2(C)CC[C@H]2[C@H]1CC2(C)C. The minimum Gasteiger partial charge on any atom is -0.366 e. The van der Waals surface area contributed by atoms with Crippen LogP contribution in [0.3, 0.4) is 0 Å². The number of epoxide rings is 1. The van der Waals surface area contributed by atoms with E-state index in [0.717, 1.165) is 18.3 Å². The van der Waals surface area contributed by atoms with Crippen molar-refractivity contribution in [2.24, 2.45) is 17.3 Å². The van der Waals surface area contributed by atoms with Gasteiger partial charge in [0, 0.05) is 0 Å². The van der Waals surface area contributed by atoms with Gasteiger partial charge in [-0.3, -0.25) is 0 Å². The van der Waals surface area contributed by atoms with E-state index in [1.54, 1.807) is 0 Å². The molecule has 0 spiro atoms. The molecule has 0 N–H and O–H groups in total. The van der Waals surface area contributed by atoms with Crippen LogP contribution in [-0.2, 0) is 4.74 Å². The Morgan fingerprint density at radius 2 is 2.07 bits per heavy atom. The summed E-state index contributed by atoms with van der Waals surface area (Å²) in [6.07, 6.45) is 5.56. The largest absolute Gasteiger partial charge is 0.366 e. The van der Waals surface area contributed by atoms with Crippen LogP contribution in [0.4, 0.5) is 0 Å². The van der Waals surface area contributed by atoms with E-state index in [-0.39, 0.29) is 5.60 Å². The van der Waals surface area contributed by atoms with E-state index in [2.05, 4.69) is 27.4 Å². The van der Waals surface area contributed by atoms with Crippen molar-refractivity contribution in [3.05, 3.63) is 12.2 Å². The highest BCUT2D eigenvalue weighted by molar-refractivity contribution is 5.19. The fraction of sp³-hybridized carbons (Fsp3) is 0.857. The molecule has 1 nitrogen and oxygen atoms in total. The van der Waals surface area contributed by atoms with E-state index in [4.69, 9.17) is 4.74 Å². The summed E-state index contributed by atoms with van der Waals surface area (Å²) in [5.41, 5.74) is 2.22. The van der Waals surface area contributed by atoms with Crippen LogP contribution in [0.1, 0.15) is 46.5 Å². The average Bonchev–Trinajstić information content (AvgIpc) is 2.71. The standard InChI is InChI=1S/C14H22O/c1-9-7-12-14(4,15-12)6-5-11-10(9)8-13(11,2)3/h10-12H,1,5-8H2,2-4H3/t10-,11-,12-,14+/m0/s1. The Morgan fingerprint density at radius 3 is 2.73 bits per heavy atom. The van der Waals surface area contributed by atoms with Gasteiger partial charge in [-0.05, 0) is 49.9 Å². The van der Waals surface area contributed by atoms with Crippen molar-refractivity contribution in [1.29, 1.82) is 0 Å². The van der Waals surface area contributed by atoms with Crippen molar-refractivity contribution in [2.45, 2.75) is 58.2 Å². The molecule has 1 saturated heterocycles. The van der Waals surface area contributed by atoms with Gasteiger partial charge in [-0.1, -0.05) is 26.0 Å². The molecule has 1 aliphatic heterocycles. The molecular formula is C14H22O. The highest BCUT2D eigenvalue weighted by atomic mass is 16.6. The van der Waals surface area contributed by atoms with Crippen molar-refractivity contribution < 1.29 is 4.74 Å². The summed E-state index contributed by atoms with van der Waals surface area (Å²) in [4.78, 5) is 0. The van der Waals surface area contributed by atoms with E-state index in [1.165, 1.54) is 24.8 Å². The lowest BCUT2D eigenvalue weighted by Gasteiger charge is -2.53. The van der Waals surface area contributed by atoms with E-state index < -0.39 is 0 Å². The molecule has 15 heavy (non-hydrogen) atoms. The third-order valence-electron chi connectivity index (χ3n) is 5.19. The van der Waals surface area contributed by atoms with Gasteiger partial charge in [0.25, 0.3) is 0 Å². The Morgan fingerprint density at radius 1 is 1.33 bits per heavy atom. The van der Waals surface area contributed by atoms with Crippen LogP contribution in [0.2, 0.25) is 0 Å². The van der Waals surface area contributed by atoms with E-state index in [0.29, 0.717) is 11.5 Å². The Kier molecular flexibility index (Phi) is 1.77. The van der Waals surface area contributed by atoms with Crippen LogP contribution in [0.25, 0.3) is 0 Å². The number of hydrogen-bond donors (Lipinski definition) is 0. The zero-order valence-electron chi connectivity index (χ0n) is 10.2. The van der Waals surface area contributed by atoms with E-state index in [1.807, 2.05) is 0 Å². The van der Waals surface area contributed by atoms with Crippen molar-refractivity contribution in [2.75, 3.05) is 0 Å². The van der Waals surface area contributed by atoms with E-state index in [9.17, 15) is 0 Å². The van der Waals surface area contributed by atoms with Gasteiger partial charge in [-0.2, -0.15) is 0 Å². The fourth-order valence-electron chi connectivity index (χ4n) is 3.87. The molecule has 2 aliphatic carbocycles. The Hall–Kier alpha value is -0.300. The molecule has 4 atom stereocenters. The topological polar surface area (TPSA) is 12.5 Å². The maximum Gasteiger partial charge on any atom is 0.0923 e. The lowest BCUT2D eigenvalue weighted by atomic mass is 9.51. The maximum absolute atomic E-state index is 5.83. The predicted molar refractivity (Wildman–Crippen MR) is 61.6 cm³/mol. The lowest BCUT2D eigenvalue weighted by molar-refractivity contribution is -0.00326. The first-order chi connectivity index (χ1) is 6.92.